The maximum atomic E-state index is 15.2. The van der Waals surface area contributed by atoms with Gasteiger partial charge in [-0.25, -0.2) is 28.7 Å². The molecule has 41 heavy (non-hydrogen) atoms. The van der Waals surface area contributed by atoms with E-state index in [0.717, 1.165) is 0 Å². The summed E-state index contributed by atoms with van der Waals surface area (Å²) in [6.07, 6.45) is 2.81. The number of aromatic nitrogens is 4. The van der Waals surface area contributed by atoms with Crippen LogP contribution in [-0.2, 0) is 0 Å². The highest BCUT2D eigenvalue weighted by molar-refractivity contribution is 6.35. The molecule has 4 aromatic rings. The first-order valence-corrected chi connectivity index (χ1v) is 13.0. The van der Waals surface area contributed by atoms with Gasteiger partial charge in [0.05, 0.1) is 45.6 Å². The van der Waals surface area contributed by atoms with E-state index < -0.39 is 17.7 Å². The van der Waals surface area contributed by atoms with Crippen molar-refractivity contribution in [2.45, 2.75) is 25.9 Å². The van der Waals surface area contributed by atoms with E-state index in [0.29, 0.717) is 48.7 Å². The zero-order valence-electron chi connectivity index (χ0n) is 22.0. The molecule has 0 spiro atoms. The summed E-state index contributed by atoms with van der Waals surface area (Å²) in [5, 5.41) is 16.3. The lowest BCUT2D eigenvalue weighted by Crippen LogP contribution is -2.50. The van der Waals surface area contributed by atoms with Gasteiger partial charge in [-0.05, 0) is 37.6 Å². The number of nitrogens with zero attached hydrogens (tertiary/aromatic N) is 9. The lowest BCUT2D eigenvalue weighted by Gasteiger charge is -2.36. The zero-order chi connectivity index (χ0) is 29.1. The molecular formula is C27H23ClF2N10O. The van der Waals surface area contributed by atoms with Crippen LogP contribution >= 0.6 is 11.6 Å². The molecule has 3 aromatic heterocycles. The summed E-state index contributed by atoms with van der Waals surface area (Å²) in [6, 6.07) is 6.84. The van der Waals surface area contributed by atoms with Crippen molar-refractivity contribution in [2.75, 3.05) is 31.6 Å². The number of anilines is 1. The van der Waals surface area contributed by atoms with Crippen molar-refractivity contribution in [1.29, 1.82) is 5.26 Å². The van der Waals surface area contributed by atoms with Gasteiger partial charge in [-0.15, -0.1) is 0 Å². The molecule has 4 heterocycles. The highest BCUT2D eigenvalue weighted by atomic mass is 35.5. The molecular weight excluding hydrogens is 554 g/mol. The van der Waals surface area contributed by atoms with Crippen molar-refractivity contribution in [3.8, 4) is 23.3 Å². The molecule has 0 saturated carbocycles. The van der Waals surface area contributed by atoms with Gasteiger partial charge in [0.1, 0.15) is 23.6 Å². The number of pyridine rings is 2. The van der Waals surface area contributed by atoms with Crippen LogP contribution in [0.4, 0.5) is 14.5 Å². The first kappa shape index (κ1) is 27.9. The predicted molar refractivity (Wildman–Crippen MR) is 148 cm³/mol. The number of hydrogen-bond acceptors (Lipinski definition) is 9. The highest BCUT2D eigenvalue weighted by Gasteiger charge is 2.25. The molecule has 1 saturated heterocycles. The minimum atomic E-state index is -0.636. The summed E-state index contributed by atoms with van der Waals surface area (Å²) < 4.78 is 35.4. The molecule has 14 heteroatoms. The average molecular weight is 577 g/mol. The van der Waals surface area contributed by atoms with E-state index >= 15 is 4.39 Å². The smallest absolute Gasteiger partial charge is 0.316 e. The molecule has 11 nitrogen and oxygen atoms in total. The van der Waals surface area contributed by atoms with Crippen molar-refractivity contribution < 1.29 is 13.5 Å². The van der Waals surface area contributed by atoms with Gasteiger partial charge in [-0.1, -0.05) is 16.7 Å². The van der Waals surface area contributed by atoms with Crippen LogP contribution in [-0.4, -0.2) is 57.1 Å². The third kappa shape index (κ3) is 5.95. The minimum absolute atomic E-state index is 0.0104. The van der Waals surface area contributed by atoms with Crippen molar-refractivity contribution >= 4 is 28.3 Å². The molecule has 1 fully saturated rings. The van der Waals surface area contributed by atoms with Gasteiger partial charge in [0.15, 0.2) is 5.82 Å². The van der Waals surface area contributed by atoms with E-state index in [2.05, 4.69) is 40.2 Å². The Morgan fingerprint density at radius 2 is 2.00 bits per heavy atom. The summed E-state index contributed by atoms with van der Waals surface area (Å²) in [5.41, 5.74) is 10.6. The van der Waals surface area contributed by atoms with Gasteiger partial charge in [-0.3, -0.25) is 4.90 Å². The molecule has 1 aromatic carbocycles. The van der Waals surface area contributed by atoms with Crippen LogP contribution in [0.1, 0.15) is 29.8 Å². The van der Waals surface area contributed by atoms with Crippen molar-refractivity contribution in [3.05, 3.63) is 80.6 Å². The van der Waals surface area contributed by atoms with E-state index in [1.807, 2.05) is 6.07 Å². The van der Waals surface area contributed by atoms with Crippen LogP contribution in [0.5, 0.6) is 6.01 Å². The molecule has 1 N–H and O–H groups in total. The normalized spacial score (nSPS) is 14.1. The van der Waals surface area contributed by atoms with E-state index in [1.165, 1.54) is 36.7 Å². The second kappa shape index (κ2) is 11.9. The molecule has 0 aliphatic carbocycles. The second-order valence-corrected chi connectivity index (χ2v) is 9.89. The van der Waals surface area contributed by atoms with Gasteiger partial charge in [0.2, 0.25) is 0 Å². The van der Waals surface area contributed by atoms with Gasteiger partial charge in [0.25, 0.3) is 0 Å². The van der Waals surface area contributed by atoms with Crippen molar-refractivity contribution in [2.24, 2.45) is 5.11 Å². The maximum Gasteiger partial charge on any atom is 0.316 e. The molecule has 1 atom stereocenters. The van der Waals surface area contributed by atoms with Gasteiger partial charge < -0.3 is 10.1 Å². The van der Waals surface area contributed by atoms with E-state index in [1.54, 1.807) is 13.8 Å². The lowest BCUT2D eigenvalue weighted by molar-refractivity contribution is 0.121. The average Bonchev–Trinajstić information content (AvgIpc) is 2.94. The monoisotopic (exact) mass is 576 g/mol. The summed E-state index contributed by atoms with van der Waals surface area (Å²) in [4.78, 5) is 22.1. The number of likely N-dealkylation sites (tertiary alicyclic amines) is 1. The number of nitriles is 1. The van der Waals surface area contributed by atoms with E-state index in [-0.39, 0.29) is 39.4 Å². The Bertz CT molecular complexity index is 1700. The number of halogens is 3. The standard InChI is InChI=1S/C27H23ClF2N10O/c1-14(19-7-16(9-31)3-4-20(19)29)36-26-23(28)15(2)35-22-8-21(30)24(37-25(22)26)17-10-33-27(34-11-17)41-6-5-40-12-18(13-40)38-39-32/h3-4,7-8,10-11,14,18H,5-6,12-13H2,1-2H3,(H,35,36)/t14-/m1/s1. The number of aryl methyl sites for hydroxylation is 1. The molecule has 5 rings (SSSR count). The van der Waals surface area contributed by atoms with Crippen molar-refractivity contribution in [3.63, 3.8) is 0 Å². The number of nitrogens with one attached hydrogen (secondary N) is 1. The largest absolute Gasteiger partial charge is 0.462 e. The molecule has 0 unspecified atom stereocenters. The zero-order valence-corrected chi connectivity index (χ0v) is 22.8. The fourth-order valence-corrected chi connectivity index (χ4v) is 4.67. The third-order valence-corrected chi connectivity index (χ3v) is 7.13. The Balaban J connectivity index is 1.38. The number of fused-ring (bicyclic) bond motifs is 1. The Kier molecular flexibility index (Phi) is 8.07. The Labute approximate surface area is 238 Å². The fourth-order valence-electron chi connectivity index (χ4n) is 4.49. The van der Waals surface area contributed by atoms with Crippen LogP contribution in [0.3, 0.4) is 0 Å². The summed E-state index contributed by atoms with van der Waals surface area (Å²) >= 11 is 6.60. The van der Waals surface area contributed by atoms with E-state index in [9.17, 15) is 9.65 Å². The number of azide groups is 1. The first-order chi connectivity index (χ1) is 19.8. The Hall–Kier alpha value is -4.63. The molecule has 0 bridgehead atoms. The SMILES string of the molecule is Cc1nc2cc(F)c(-c3cnc(OCCN4CC(N=[N+]=[N-])C4)nc3)nc2c(N[C@H](C)c2cc(C#N)ccc2F)c1Cl. The quantitative estimate of drug-likeness (QED) is 0.150. The molecule has 0 amide bonds. The van der Waals surface area contributed by atoms with E-state index in [4.69, 9.17) is 21.9 Å². The van der Waals surface area contributed by atoms with Crippen LogP contribution in [0.2, 0.25) is 5.02 Å². The Morgan fingerprint density at radius 3 is 2.71 bits per heavy atom. The fraction of sp³-hybridized carbons (Fsp3) is 0.296. The highest BCUT2D eigenvalue weighted by Crippen LogP contribution is 2.36. The number of benzene rings is 1. The molecule has 208 valence electrons. The number of rotatable bonds is 9. The first-order valence-electron chi connectivity index (χ1n) is 12.6. The topological polar surface area (TPSA) is 149 Å². The van der Waals surface area contributed by atoms with Crippen LogP contribution < -0.4 is 10.1 Å². The Morgan fingerprint density at radius 1 is 1.24 bits per heavy atom. The molecule has 0 radical (unpaired) electrons. The minimum Gasteiger partial charge on any atom is -0.462 e. The summed E-state index contributed by atoms with van der Waals surface area (Å²) in [5.74, 6) is -1.13. The molecule has 1 aliphatic heterocycles. The summed E-state index contributed by atoms with van der Waals surface area (Å²) in [6.45, 7) is 5.70. The van der Waals surface area contributed by atoms with Gasteiger partial charge in [-0.2, -0.15) is 5.26 Å². The second-order valence-electron chi connectivity index (χ2n) is 9.51. The van der Waals surface area contributed by atoms with Crippen LogP contribution in [0.15, 0.2) is 41.8 Å². The lowest BCUT2D eigenvalue weighted by atomic mass is 10.0. The third-order valence-electron chi connectivity index (χ3n) is 6.66. The van der Waals surface area contributed by atoms with Crippen LogP contribution in [0, 0.1) is 29.9 Å². The van der Waals surface area contributed by atoms with Gasteiger partial charge >= 0.3 is 6.01 Å². The summed E-state index contributed by atoms with van der Waals surface area (Å²) in [7, 11) is 0. The van der Waals surface area contributed by atoms with Crippen molar-refractivity contribution in [1.82, 2.24) is 24.8 Å². The molecule has 1 aliphatic rings. The van der Waals surface area contributed by atoms with Gasteiger partial charge in [0, 0.05) is 54.1 Å². The predicted octanol–water partition coefficient (Wildman–Crippen LogP) is 5.74. The number of ether oxygens (including phenoxy) is 1. The number of hydrogen-bond donors (Lipinski definition) is 1. The van der Waals surface area contributed by atoms with Crippen LogP contribution in [0.25, 0.3) is 32.7 Å². The maximum absolute atomic E-state index is 15.2.